The van der Waals surface area contributed by atoms with Crippen LogP contribution in [-0.2, 0) is 4.79 Å². The van der Waals surface area contributed by atoms with Crippen LogP contribution in [0.1, 0.15) is 30.9 Å². The average molecular weight is 260 g/mol. The number of nitrogens with one attached hydrogen (secondary N) is 1. The van der Waals surface area contributed by atoms with Gasteiger partial charge in [-0.3, -0.25) is 10.1 Å². The molecule has 1 aromatic carbocycles. The van der Waals surface area contributed by atoms with Gasteiger partial charge in [0.25, 0.3) is 0 Å². The van der Waals surface area contributed by atoms with Gasteiger partial charge in [-0.15, -0.1) is 0 Å². The molecule has 102 valence electrons. The summed E-state index contributed by atoms with van der Waals surface area (Å²) in [5.74, 6) is 1.12. The van der Waals surface area contributed by atoms with Crippen LogP contribution in [0.2, 0.25) is 0 Å². The minimum absolute atomic E-state index is 0.245. The van der Waals surface area contributed by atoms with Crippen LogP contribution < -0.4 is 10.1 Å². The highest BCUT2D eigenvalue weighted by Crippen LogP contribution is 2.31. The molecule has 1 N–H and O–H groups in total. The monoisotopic (exact) mass is 260 g/mol. The van der Waals surface area contributed by atoms with Gasteiger partial charge in [-0.05, 0) is 37.0 Å². The van der Waals surface area contributed by atoms with Crippen LogP contribution in [0.25, 0.3) is 0 Å². The van der Waals surface area contributed by atoms with Gasteiger partial charge < -0.3 is 9.64 Å². The summed E-state index contributed by atoms with van der Waals surface area (Å²) in [5.41, 5.74) is 1.24. The molecule has 0 saturated carbocycles. The molecule has 2 saturated heterocycles. The Morgan fingerprint density at radius 1 is 1.26 bits per heavy atom. The first-order valence-electron chi connectivity index (χ1n) is 6.96. The van der Waals surface area contributed by atoms with Gasteiger partial charge in [-0.1, -0.05) is 12.1 Å². The Hall–Kier alpha value is -1.55. The predicted octanol–water partition coefficient (Wildman–Crippen LogP) is 1.72. The van der Waals surface area contributed by atoms with E-state index in [0.717, 1.165) is 25.1 Å². The zero-order valence-corrected chi connectivity index (χ0v) is 11.3. The number of piperazine rings is 1. The highest BCUT2D eigenvalue weighted by molar-refractivity contribution is 5.79. The molecule has 1 amide bonds. The molecule has 2 atom stereocenters. The van der Waals surface area contributed by atoms with Gasteiger partial charge in [0.2, 0.25) is 5.91 Å². The van der Waals surface area contributed by atoms with Crippen molar-refractivity contribution in [1.82, 2.24) is 10.2 Å². The Morgan fingerprint density at radius 2 is 2.05 bits per heavy atom. The molecule has 2 fully saturated rings. The van der Waals surface area contributed by atoms with Crippen molar-refractivity contribution in [3.63, 3.8) is 0 Å². The van der Waals surface area contributed by atoms with Crippen LogP contribution in [-0.4, -0.2) is 37.0 Å². The number of carbonyl (C=O) groups excluding carboxylic acids is 1. The van der Waals surface area contributed by atoms with Crippen molar-refractivity contribution in [3.05, 3.63) is 29.8 Å². The number of rotatable bonds is 2. The number of methoxy groups -OCH3 is 1. The lowest BCUT2D eigenvalue weighted by Gasteiger charge is -2.44. The summed E-state index contributed by atoms with van der Waals surface area (Å²) in [4.78, 5) is 14.0. The maximum absolute atomic E-state index is 11.9. The maximum Gasteiger partial charge on any atom is 0.236 e. The van der Waals surface area contributed by atoms with Crippen LogP contribution >= 0.6 is 0 Å². The standard InChI is InChI=1S/C15H20N2O2/c1-19-12-7-5-11(6-8-12)15-13-4-2-3-9-17(13)14(18)10-16-15/h5-8,13,15-16H,2-4,9-10H2,1H3. The van der Waals surface area contributed by atoms with E-state index in [9.17, 15) is 4.79 Å². The van der Waals surface area contributed by atoms with Crippen LogP contribution in [0.3, 0.4) is 0 Å². The van der Waals surface area contributed by atoms with Gasteiger partial charge >= 0.3 is 0 Å². The number of nitrogens with zero attached hydrogens (tertiary/aromatic N) is 1. The van der Waals surface area contributed by atoms with E-state index in [1.807, 2.05) is 12.1 Å². The lowest BCUT2D eigenvalue weighted by Crippen LogP contribution is -2.57. The van der Waals surface area contributed by atoms with Crippen LogP contribution in [0.15, 0.2) is 24.3 Å². The molecule has 2 heterocycles. The molecular formula is C15H20N2O2. The fourth-order valence-electron chi connectivity index (χ4n) is 3.20. The Balaban J connectivity index is 1.84. The summed E-state index contributed by atoms with van der Waals surface area (Å²) in [6.07, 6.45) is 3.44. The number of ether oxygens (including phenoxy) is 1. The first kappa shape index (κ1) is 12.5. The normalized spacial score (nSPS) is 27.0. The number of amides is 1. The topological polar surface area (TPSA) is 41.6 Å². The summed E-state index contributed by atoms with van der Waals surface area (Å²) in [6, 6.07) is 8.73. The van der Waals surface area contributed by atoms with E-state index in [1.165, 1.54) is 12.0 Å². The zero-order chi connectivity index (χ0) is 13.2. The molecular weight excluding hydrogens is 240 g/mol. The fraction of sp³-hybridized carbons (Fsp3) is 0.533. The van der Waals surface area contributed by atoms with Crippen molar-refractivity contribution in [2.75, 3.05) is 20.2 Å². The summed E-state index contributed by atoms with van der Waals surface area (Å²) in [7, 11) is 1.68. The number of carbonyl (C=O) groups is 1. The first-order valence-corrected chi connectivity index (χ1v) is 6.96. The highest BCUT2D eigenvalue weighted by Gasteiger charge is 2.37. The Morgan fingerprint density at radius 3 is 2.79 bits per heavy atom. The fourth-order valence-corrected chi connectivity index (χ4v) is 3.20. The maximum atomic E-state index is 11.9. The van der Waals surface area contributed by atoms with Crippen molar-refractivity contribution >= 4 is 5.91 Å². The van der Waals surface area contributed by atoms with E-state index in [-0.39, 0.29) is 11.9 Å². The molecule has 2 aliphatic rings. The first-order chi connectivity index (χ1) is 9.29. The minimum atomic E-state index is 0.245. The van der Waals surface area contributed by atoms with Gasteiger partial charge in [0, 0.05) is 6.54 Å². The molecule has 0 radical (unpaired) electrons. The molecule has 2 aliphatic heterocycles. The third kappa shape index (κ3) is 2.32. The lowest BCUT2D eigenvalue weighted by molar-refractivity contribution is -0.138. The number of piperidine rings is 1. The number of benzene rings is 1. The number of hydrogen-bond donors (Lipinski definition) is 1. The number of hydrogen-bond acceptors (Lipinski definition) is 3. The third-order valence-corrected chi connectivity index (χ3v) is 4.20. The SMILES string of the molecule is COc1ccc(C2NCC(=O)N3CCCCC23)cc1. The molecule has 19 heavy (non-hydrogen) atoms. The molecule has 4 heteroatoms. The van der Waals surface area contributed by atoms with E-state index in [2.05, 4.69) is 22.3 Å². The Kier molecular flexibility index (Phi) is 3.42. The van der Waals surface area contributed by atoms with E-state index < -0.39 is 0 Å². The summed E-state index contributed by atoms with van der Waals surface area (Å²) < 4.78 is 5.20. The minimum Gasteiger partial charge on any atom is -0.497 e. The molecule has 1 aromatic rings. The summed E-state index contributed by atoms with van der Waals surface area (Å²) >= 11 is 0. The quantitative estimate of drug-likeness (QED) is 0.880. The van der Waals surface area contributed by atoms with Crippen LogP contribution in [0.5, 0.6) is 5.75 Å². The second kappa shape index (κ2) is 5.21. The van der Waals surface area contributed by atoms with Crippen molar-refractivity contribution in [2.24, 2.45) is 0 Å². The Labute approximate surface area is 113 Å². The second-order valence-corrected chi connectivity index (χ2v) is 5.28. The zero-order valence-electron chi connectivity index (χ0n) is 11.3. The van der Waals surface area contributed by atoms with Crippen molar-refractivity contribution < 1.29 is 9.53 Å². The lowest BCUT2D eigenvalue weighted by atomic mass is 9.89. The van der Waals surface area contributed by atoms with E-state index in [1.54, 1.807) is 7.11 Å². The van der Waals surface area contributed by atoms with Gasteiger partial charge in [0.1, 0.15) is 5.75 Å². The third-order valence-electron chi connectivity index (χ3n) is 4.20. The van der Waals surface area contributed by atoms with Crippen molar-refractivity contribution in [2.45, 2.75) is 31.3 Å². The Bertz CT molecular complexity index is 458. The van der Waals surface area contributed by atoms with Gasteiger partial charge in [-0.2, -0.15) is 0 Å². The summed E-state index contributed by atoms with van der Waals surface area (Å²) in [5, 5.41) is 3.39. The molecule has 4 nitrogen and oxygen atoms in total. The highest BCUT2D eigenvalue weighted by atomic mass is 16.5. The molecule has 0 spiro atoms. The molecule has 0 bridgehead atoms. The molecule has 0 aromatic heterocycles. The summed E-state index contributed by atoms with van der Waals surface area (Å²) in [6.45, 7) is 1.37. The van der Waals surface area contributed by atoms with Gasteiger partial charge in [-0.25, -0.2) is 0 Å². The van der Waals surface area contributed by atoms with E-state index in [0.29, 0.717) is 12.6 Å². The molecule has 3 rings (SSSR count). The van der Waals surface area contributed by atoms with Crippen LogP contribution in [0, 0.1) is 0 Å². The van der Waals surface area contributed by atoms with Crippen molar-refractivity contribution in [3.8, 4) is 5.75 Å². The van der Waals surface area contributed by atoms with Crippen LogP contribution in [0.4, 0.5) is 0 Å². The number of fused-ring (bicyclic) bond motifs is 1. The van der Waals surface area contributed by atoms with Gasteiger partial charge in [0.15, 0.2) is 0 Å². The average Bonchev–Trinajstić information content (AvgIpc) is 2.48. The van der Waals surface area contributed by atoms with Gasteiger partial charge in [0.05, 0.1) is 25.7 Å². The van der Waals surface area contributed by atoms with E-state index >= 15 is 0 Å². The molecule has 0 aliphatic carbocycles. The van der Waals surface area contributed by atoms with E-state index in [4.69, 9.17) is 4.74 Å². The van der Waals surface area contributed by atoms with Crippen molar-refractivity contribution in [1.29, 1.82) is 0 Å². The predicted molar refractivity (Wildman–Crippen MR) is 73.1 cm³/mol. The largest absolute Gasteiger partial charge is 0.497 e. The smallest absolute Gasteiger partial charge is 0.236 e. The molecule has 2 unspecified atom stereocenters. The second-order valence-electron chi connectivity index (χ2n) is 5.28.